The van der Waals surface area contributed by atoms with Crippen LogP contribution in [-0.4, -0.2) is 5.11 Å². The molecule has 3 aromatic rings. The van der Waals surface area contributed by atoms with Gasteiger partial charge in [0.2, 0.25) is 10.9 Å². The first-order valence-electron chi connectivity index (χ1n) is 9.15. The fourth-order valence-corrected chi connectivity index (χ4v) is 5.72. The summed E-state index contributed by atoms with van der Waals surface area (Å²) in [6.45, 7) is 2.17. The quantitative estimate of drug-likeness (QED) is 0.197. The second-order valence-electron chi connectivity index (χ2n) is 6.76. The molecular formula is C21H19I3O4. The number of aliphatic hydroxyl groups is 1. The van der Waals surface area contributed by atoms with Crippen molar-refractivity contribution in [2.24, 2.45) is 0 Å². The highest BCUT2D eigenvalue weighted by molar-refractivity contribution is 14.1. The van der Waals surface area contributed by atoms with E-state index in [-0.39, 0.29) is 16.6 Å². The predicted octanol–water partition coefficient (Wildman–Crippen LogP) is 5.87. The van der Waals surface area contributed by atoms with Crippen LogP contribution < -0.4 is 16.1 Å². The van der Waals surface area contributed by atoms with E-state index < -0.39 is 0 Å². The molecule has 0 aliphatic heterocycles. The van der Waals surface area contributed by atoms with Gasteiger partial charge in [0.05, 0.1) is 8.79 Å². The molecule has 2 aromatic carbocycles. The second kappa shape index (κ2) is 9.59. The Morgan fingerprint density at radius 1 is 0.893 bits per heavy atom. The van der Waals surface area contributed by atoms with Crippen molar-refractivity contribution in [2.75, 3.05) is 0 Å². The molecule has 3 rings (SSSR count). The third-order valence-electron chi connectivity index (χ3n) is 4.71. The highest BCUT2D eigenvalue weighted by Crippen LogP contribution is 2.27. The lowest BCUT2D eigenvalue weighted by molar-refractivity contribution is 0.467. The summed E-state index contributed by atoms with van der Waals surface area (Å²) in [5.41, 5.74) is 0.647. The molecule has 1 N–H and O–H groups in total. The molecule has 1 aromatic heterocycles. The molecule has 0 aliphatic carbocycles. The minimum Gasteiger partial charge on any atom is -0.512 e. The van der Waals surface area contributed by atoms with Gasteiger partial charge in [-0.25, -0.2) is 0 Å². The molecule has 4 nitrogen and oxygen atoms in total. The van der Waals surface area contributed by atoms with Crippen LogP contribution in [-0.2, 0) is 0 Å². The molecule has 0 unspecified atom stereocenters. The van der Waals surface area contributed by atoms with Gasteiger partial charge >= 0.3 is 0 Å². The number of fused-ring (bicyclic) bond motifs is 2. The van der Waals surface area contributed by atoms with Crippen molar-refractivity contribution in [3.8, 4) is 0 Å². The van der Waals surface area contributed by atoms with E-state index in [2.05, 4.69) is 6.92 Å². The summed E-state index contributed by atoms with van der Waals surface area (Å²) in [7, 11) is 0. The minimum atomic E-state index is -0.231. The molecule has 0 amide bonds. The van der Waals surface area contributed by atoms with E-state index in [9.17, 15) is 14.7 Å². The number of halogens is 3. The van der Waals surface area contributed by atoms with Gasteiger partial charge < -0.3 is 9.52 Å². The third kappa shape index (κ3) is 4.50. The van der Waals surface area contributed by atoms with Crippen LogP contribution in [0.2, 0.25) is 0 Å². The smallest absolute Gasteiger partial charge is 0.209 e. The van der Waals surface area contributed by atoms with Crippen molar-refractivity contribution in [3.05, 3.63) is 54.6 Å². The lowest BCUT2D eigenvalue weighted by Crippen LogP contribution is -2.29. The van der Waals surface area contributed by atoms with Crippen LogP contribution >= 0.6 is 67.8 Å². The van der Waals surface area contributed by atoms with Crippen LogP contribution in [0.1, 0.15) is 45.4 Å². The van der Waals surface area contributed by atoms with E-state index >= 15 is 0 Å². The van der Waals surface area contributed by atoms with Crippen LogP contribution in [0.3, 0.4) is 0 Å². The van der Waals surface area contributed by atoms with Crippen molar-refractivity contribution >= 4 is 95.5 Å². The van der Waals surface area contributed by atoms with E-state index in [0.29, 0.717) is 33.5 Å². The molecular weight excluding hydrogens is 697 g/mol. The van der Waals surface area contributed by atoms with Gasteiger partial charge in [-0.15, -0.1) is 0 Å². The van der Waals surface area contributed by atoms with Crippen molar-refractivity contribution in [1.82, 2.24) is 0 Å². The molecule has 7 heteroatoms. The Labute approximate surface area is 203 Å². The van der Waals surface area contributed by atoms with Crippen molar-refractivity contribution in [3.63, 3.8) is 0 Å². The standard InChI is InChI=1S/C21H19I3O4/c1-2-3-4-5-6-7-15(25)13-9-11-8-12-10-14(22)19(27)17(24)21(12)28-20(11)16(23)18(13)26/h8-10,25H,2-7H2,1H3/b15-13+. The third-order valence-corrected chi connectivity index (χ3v) is 7.47. The Kier molecular flexibility index (Phi) is 7.62. The maximum atomic E-state index is 12.8. The van der Waals surface area contributed by atoms with Gasteiger partial charge in [-0.3, -0.25) is 9.59 Å². The van der Waals surface area contributed by atoms with Crippen LogP contribution in [0, 0.1) is 10.7 Å². The molecule has 0 radical (unpaired) electrons. The van der Waals surface area contributed by atoms with Gasteiger partial charge in [0.1, 0.15) is 12.9 Å². The molecule has 0 saturated carbocycles. The van der Waals surface area contributed by atoms with E-state index in [1.54, 1.807) is 12.1 Å². The normalized spacial score (nSPS) is 12.7. The van der Waals surface area contributed by atoms with E-state index in [4.69, 9.17) is 4.42 Å². The zero-order valence-electron chi connectivity index (χ0n) is 15.3. The molecule has 0 spiro atoms. The largest absolute Gasteiger partial charge is 0.512 e. The van der Waals surface area contributed by atoms with Gasteiger partial charge in [-0.05, 0) is 92.4 Å². The second-order valence-corrected chi connectivity index (χ2v) is 10.1. The molecule has 0 atom stereocenters. The highest BCUT2D eigenvalue weighted by Gasteiger charge is 2.15. The van der Waals surface area contributed by atoms with Gasteiger partial charge in [0.25, 0.3) is 0 Å². The first-order valence-corrected chi connectivity index (χ1v) is 12.4. The zero-order valence-corrected chi connectivity index (χ0v) is 21.8. The number of rotatable bonds is 6. The van der Waals surface area contributed by atoms with E-state index in [0.717, 1.165) is 30.0 Å². The maximum Gasteiger partial charge on any atom is 0.209 e. The Morgan fingerprint density at radius 2 is 1.50 bits per heavy atom. The SMILES string of the molecule is CCCCCCC/C(O)=c1/cc2cc3cc(I)c(=O)c(I)c3oc2c(I)c1=O. The van der Waals surface area contributed by atoms with Gasteiger partial charge in [0, 0.05) is 17.2 Å². The Balaban J connectivity index is 2.14. The number of benzene rings is 2. The number of hydrogen-bond acceptors (Lipinski definition) is 4. The summed E-state index contributed by atoms with van der Waals surface area (Å²) in [6.07, 6.45) is 5.93. The zero-order chi connectivity index (χ0) is 20.4. The number of aliphatic hydroxyl groups excluding tert-OH is 1. The topological polar surface area (TPSA) is 67.5 Å². The lowest BCUT2D eigenvalue weighted by Gasteiger charge is -2.07. The summed E-state index contributed by atoms with van der Waals surface area (Å²) in [6, 6.07) is 5.41. The van der Waals surface area contributed by atoms with Crippen LogP contribution in [0.5, 0.6) is 0 Å². The lowest BCUT2D eigenvalue weighted by atomic mass is 10.1. The van der Waals surface area contributed by atoms with Crippen LogP contribution in [0.25, 0.3) is 27.7 Å². The van der Waals surface area contributed by atoms with Crippen molar-refractivity contribution in [2.45, 2.75) is 45.4 Å². The molecule has 28 heavy (non-hydrogen) atoms. The van der Waals surface area contributed by atoms with E-state index in [1.807, 2.05) is 73.8 Å². The minimum absolute atomic E-state index is 0.0696. The predicted molar refractivity (Wildman–Crippen MR) is 139 cm³/mol. The molecule has 0 aliphatic rings. The highest BCUT2D eigenvalue weighted by atomic mass is 127. The van der Waals surface area contributed by atoms with E-state index in [1.165, 1.54) is 12.8 Å². The molecule has 0 fully saturated rings. The van der Waals surface area contributed by atoms with Crippen LogP contribution in [0.4, 0.5) is 0 Å². The first kappa shape index (κ1) is 22.3. The van der Waals surface area contributed by atoms with Crippen molar-refractivity contribution < 1.29 is 9.52 Å². The fourth-order valence-electron chi connectivity index (χ4n) is 3.17. The summed E-state index contributed by atoms with van der Waals surface area (Å²) in [5.74, 6) is 0.139. The summed E-state index contributed by atoms with van der Waals surface area (Å²) < 4.78 is 7.53. The molecule has 0 saturated heterocycles. The Hall–Kier alpha value is -0.430. The average molecular weight is 716 g/mol. The monoisotopic (exact) mass is 716 g/mol. The van der Waals surface area contributed by atoms with Gasteiger partial charge in [0.15, 0.2) is 11.2 Å². The molecule has 148 valence electrons. The Morgan fingerprint density at radius 3 is 2.18 bits per heavy atom. The first-order chi connectivity index (χ1) is 13.3. The van der Waals surface area contributed by atoms with Gasteiger partial charge in [-0.2, -0.15) is 0 Å². The summed E-state index contributed by atoms with van der Waals surface area (Å²) >= 11 is 5.97. The van der Waals surface area contributed by atoms with Crippen molar-refractivity contribution in [1.29, 1.82) is 0 Å². The number of unbranched alkanes of at least 4 members (excludes halogenated alkanes) is 4. The number of hydrogen-bond donors (Lipinski definition) is 1. The Bertz CT molecular complexity index is 1210. The molecule has 0 bridgehead atoms. The van der Waals surface area contributed by atoms with Gasteiger partial charge in [-0.1, -0.05) is 32.6 Å². The fraction of sp³-hybridized carbons (Fsp3) is 0.333. The molecule has 1 heterocycles. The van der Waals surface area contributed by atoms with Crippen LogP contribution in [0.15, 0.2) is 32.2 Å². The average Bonchev–Trinajstić information content (AvgIpc) is 2.68. The summed E-state index contributed by atoms with van der Waals surface area (Å²) in [4.78, 5) is 25.0. The summed E-state index contributed by atoms with van der Waals surface area (Å²) in [5, 5.41) is 12.4. The maximum absolute atomic E-state index is 12.8.